The molecule has 0 atom stereocenters. The molecule has 7 aromatic rings. The molecule has 0 aliphatic rings. The number of nitrogens with zero attached hydrogens (tertiary/aromatic N) is 4. The SMILES string of the molecule is Cc1ccc(-[n+]2[c-]n(-c3cccc(Oc4ccc5c6ccccc6n(-c6cc(C(C)(C)C)ccn6)c5c4)c3)cc2)c(C)c1. The van der Waals surface area contributed by atoms with E-state index in [1.807, 2.05) is 52.0 Å². The van der Waals surface area contributed by atoms with Crippen LogP contribution in [-0.4, -0.2) is 14.1 Å². The molecule has 43 heavy (non-hydrogen) atoms. The van der Waals surface area contributed by atoms with Crippen molar-refractivity contribution in [2.75, 3.05) is 0 Å². The van der Waals surface area contributed by atoms with Gasteiger partial charge in [0.2, 0.25) is 0 Å². The summed E-state index contributed by atoms with van der Waals surface area (Å²) in [5, 5.41) is 2.35. The van der Waals surface area contributed by atoms with E-state index in [9.17, 15) is 0 Å². The zero-order chi connectivity index (χ0) is 29.7. The minimum absolute atomic E-state index is 0.0190. The summed E-state index contributed by atoms with van der Waals surface area (Å²) in [5.74, 6) is 2.42. The zero-order valence-electron chi connectivity index (χ0n) is 25.2. The first-order valence-electron chi connectivity index (χ1n) is 14.6. The van der Waals surface area contributed by atoms with Crippen LogP contribution in [0.3, 0.4) is 0 Å². The van der Waals surface area contributed by atoms with Gasteiger partial charge in [-0.3, -0.25) is 13.7 Å². The van der Waals surface area contributed by atoms with Gasteiger partial charge >= 0.3 is 0 Å². The van der Waals surface area contributed by atoms with Crippen molar-refractivity contribution in [3.8, 4) is 28.7 Å². The Morgan fingerprint density at radius 2 is 1.58 bits per heavy atom. The number of ether oxygens (including phenoxy) is 1. The lowest BCUT2D eigenvalue weighted by Crippen LogP contribution is -2.29. The summed E-state index contributed by atoms with van der Waals surface area (Å²) in [6.45, 7) is 10.9. The highest BCUT2D eigenvalue weighted by molar-refractivity contribution is 6.09. The van der Waals surface area contributed by atoms with Crippen molar-refractivity contribution >= 4 is 21.8 Å². The molecule has 5 nitrogen and oxygen atoms in total. The lowest BCUT2D eigenvalue weighted by molar-refractivity contribution is -0.599. The van der Waals surface area contributed by atoms with E-state index < -0.39 is 0 Å². The maximum absolute atomic E-state index is 6.47. The number of fused-ring (bicyclic) bond motifs is 3. The van der Waals surface area contributed by atoms with E-state index in [1.165, 1.54) is 22.1 Å². The summed E-state index contributed by atoms with van der Waals surface area (Å²) in [6, 6.07) is 33.6. The summed E-state index contributed by atoms with van der Waals surface area (Å²) in [7, 11) is 0. The van der Waals surface area contributed by atoms with Gasteiger partial charge in [-0.15, -0.1) is 0 Å². The molecule has 3 heterocycles. The van der Waals surface area contributed by atoms with Crippen molar-refractivity contribution in [1.82, 2.24) is 14.1 Å². The number of rotatable bonds is 5. The fraction of sp³-hybridized carbons (Fsp3) is 0.158. The second-order valence-electron chi connectivity index (χ2n) is 12.2. The number of aromatic nitrogens is 4. The minimum Gasteiger partial charge on any atom is -0.458 e. The Hall–Kier alpha value is -5.16. The molecule has 0 unspecified atom stereocenters. The Kier molecular flexibility index (Phi) is 6.39. The first-order chi connectivity index (χ1) is 20.7. The van der Waals surface area contributed by atoms with Crippen molar-refractivity contribution in [1.29, 1.82) is 0 Å². The molecule has 212 valence electrons. The Morgan fingerprint density at radius 3 is 2.42 bits per heavy atom. The van der Waals surface area contributed by atoms with Crippen LogP contribution in [-0.2, 0) is 5.41 Å². The van der Waals surface area contributed by atoms with Gasteiger partial charge in [0.05, 0.1) is 22.4 Å². The molecular weight excluding hydrogens is 528 g/mol. The van der Waals surface area contributed by atoms with Gasteiger partial charge in [-0.1, -0.05) is 62.7 Å². The lowest BCUT2D eigenvalue weighted by atomic mass is 9.88. The van der Waals surface area contributed by atoms with E-state index in [1.54, 1.807) is 0 Å². The number of hydrogen-bond donors (Lipinski definition) is 0. The van der Waals surface area contributed by atoms with Crippen molar-refractivity contribution in [3.05, 3.63) is 139 Å². The molecule has 0 radical (unpaired) electrons. The summed E-state index contributed by atoms with van der Waals surface area (Å²) in [6.07, 6.45) is 9.40. The largest absolute Gasteiger partial charge is 0.458 e. The Morgan fingerprint density at radius 1 is 0.767 bits per heavy atom. The fourth-order valence-corrected chi connectivity index (χ4v) is 5.77. The average Bonchev–Trinajstić information content (AvgIpc) is 3.60. The summed E-state index contributed by atoms with van der Waals surface area (Å²) in [5.41, 5.74) is 7.99. The second kappa shape index (κ2) is 10.3. The predicted molar refractivity (Wildman–Crippen MR) is 173 cm³/mol. The molecule has 0 spiro atoms. The molecule has 0 bridgehead atoms. The Balaban J connectivity index is 1.25. The van der Waals surface area contributed by atoms with E-state index in [2.05, 4.69) is 118 Å². The minimum atomic E-state index is 0.0190. The number of benzene rings is 4. The van der Waals surface area contributed by atoms with Crippen LogP contribution in [0.15, 0.2) is 116 Å². The molecule has 0 saturated carbocycles. The summed E-state index contributed by atoms with van der Waals surface area (Å²) < 4.78 is 12.7. The van der Waals surface area contributed by atoms with Gasteiger partial charge in [-0.05, 0) is 85.0 Å². The van der Waals surface area contributed by atoms with E-state index in [4.69, 9.17) is 9.72 Å². The van der Waals surface area contributed by atoms with Crippen LogP contribution in [0.5, 0.6) is 11.5 Å². The highest BCUT2D eigenvalue weighted by Crippen LogP contribution is 2.36. The molecule has 0 saturated heterocycles. The normalized spacial score (nSPS) is 11.8. The predicted octanol–water partition coefficient (Wildman–Crippen LogP) is 8.75. The lowest BCUT2D eigenvalue weighted by Gasteiger charge is -2.20. The molecule has 0 fully saturated rings. The highest BCUT2D eigenvalue weighted by Gasteiger charge is 2.18. The van der Waals surface area contributed by atoms with Crippen LogP contribution >= 0.6 is 0 Å². The van der Waals surface area contributed by atoms with Gasteiger partial charge in [0.15, 0.2) is 0 Å². The summed E-state index contributed by atoms with van der Waals surface area (Å²) in [4.78, 5) is 4.80. The number of imidazole rings is 1. The summed E-state index contributed by atoms with van der Waals surface area (Å²) >= 11 is 0. The molecule has 0 aliphatic carbocycles. The molecule has 4 aromatic carbocycles. The highest BCUT2D eigenvalue weighted by atomic mass is 16.5. The van der Waals surface area contributed by atoms with Crippen molar-refractivity contribution in [3.63, 3.8) is 0 Å². The Labute approximate surface area is 252 Å². The average molecular weight is 563 g/mol. The number of para-hydroxylation sites is 1. The maximum atomic E-state index is 6.47. The third-order valence-electron chi connectivity index (χ3n) is 8.01. The van der Waals surface area contributed by atoms with Gasteiger partial charge in [-0.25, -0.2) is 4.98 Å². The quantitative estimate of drug-likeness (QED) is 0.155. The van der Waals surface area contributed by atoms with Crippen LogP contribution in [0.2, 0.25) is 0 Å². The zero-order valence-corrected chi connectivity index (χ0v) is 25.2. The van der Waals surface area contributed by atoms with Crippen LogP contribution in [0.1, 0.15) is 37.5 Å². The fourth-order valence-electron chi connectivity index (χ4n) is 5.77. The third kappa shape index (κ3) is 4.97. The molecule has 0 amide bonds. The van der Waals surface area contributed by atoms with Gasteiger partial charge in [0.25, 0.3) is 6.33 Å². The standard InChI is InChI=1S/C38H34N4O/c1-26-13-16-34(27(2)21-26)41-20-19-40(25-41)29-9-8-10-30(23-29)43-31-14-15-33-32-11-6-7-12-35(32)42(36(33)24-31)37-22-28(17-18-39-37)38(3,4)5/h6-24H,1-5H3. The van der Waals surface area contributed by atoms with Crippen molar-refractivity contribution in [2.45, 2.75) is 40.0 Å². The molecule has 0 N–H and O–H groups in total. The number of aryl methyl sites for hydroxylation is 2. The maximum Gasteiger partial charge on any atom is 0.268 e. The monoisotopic (exact) mass is 562 g/mol. The van der Waals surface area contributed by atoms with Crippen LogP contribution in [0, 0.1) is 20.2 Å². The third-order valence-corrected chi connectivity index (χ3v) is 8.01. The smallest absolute Gasteiger partial charge is 0.268 e. The van der Waals surface area contributed by atoms with Crippen LogP contribution in [0.25, 0.3) is 39.0 Å². The molecule has 5 heteroatoms. The van der Waals surface area contributed by atoms with Gasteiger partial charge in [0.1, 0.15) is 17.3 Å². The van der Waals surface area contributed by atoms with Crippen molar-refractivity contribution in [2.24, 2.45) is 0 Å². The van der Waals surface area contributed by atoms with Gasteiger partial charge in [0, 0.05) is 35.4 Å². The molecule has 3 aromatic heterocycles. The Bertz CT molecular complexity index is 2130. The van der Waals surface area contributed by atoms with E-state index in [0.717, 1.165) is 45.1 Å². The molecule has 7 rings (SSSR count). The first-order valence-corrected chi connectivity index (χ1v) is 14.6. The van der Waals surface area contributed by atoms with E-state index in [0.29, 0.717) is 0 Å². The van der Waals surface area contributed by atoms with Gasteiger partial charge < -0.3 is 4.74 Å². The first kappa shape index (κ1) is 26.7. The second-order valence-corrected chi connectivity index (χ2v) is 12.2. The van der Waals surface area contributed by atoms with Crippen LogP contribution in [0.4, 0.5) is 0 Å². The number of pyridine rings is 1. The van der Waals surface area contributed by atoms with Crippen LogP contribution < -0.4 is 9.30 Å². The number of hydrogen-bond acceptors (Lipinski definition) is 2. The molecule has 0 aliphatic heterocycles. The van der Waals surface area contributed by atoms with E-state index >= 15 is 0 Å². The topological polar surface area (TPSA) is 35.9 Å². The van der Waals surface area contributed by atoms with Crippen molar-refractivity contribution < 1.29 is 9.30 Å². The molecular formula is C38H34N4O. The van der Waals surface area contributed by atoms with Gasteiger partial charge in [-0.2, -0.15) is 0 Å². The van der Waals surface area contributed by atoms with E-state index in [-0.39, 0.29) is 5.41 Å².